The Labute approximate surface area is 214 Å². The second-order valence-electron chi connectivity index (χ2n) is 9.24. The third kappa shape index (κ3) is 4.05. The first-order valence-corrected chi connectivity index (χ1v) is 13.3. The fraction of sp³-hybridized carbons (Fsp3) is 0.308. The molecule has 10 heteroatoms. The van der Waals surface area contributed by atoms with Crippen LogP contribution in [0.5, 0.6) is 0 Å². The minimum atomic E-state index is -3.79. The first kappa shape index (κ1) is 24.7. The number of halogens is 2. The van der Waals surface area contributed by atoms with Crippen LogP contribution in [0.1, 0.15) is 30.5 Å². The summed E-state index contributed by atoms with van der Waals surface area (Å²) >= 11 is 5.93. The summed E-state index contributed by atoms with van der Waals surface area (Å²) in [5.41, 5.74) is 2.28. The van der Waals surface area contributed by atoms with E-state index in [4.69, 9.17) is 16.3 Å². The van der Waals surface area contributed by atoms with Gasteiger partial charge in [-0.05, 0) is 85.9 Å². The highest BCUT2D eigenvalue weighted by Gasteiger charge is 2.51. The van der Waals surface area contributed by atoms with E-state index in [0.717, 1.165) is 16.8 Å². The highest BCUT2D eigenvalue weighted by Crippen LogP contribution is 2.50. The van der Waals surface area contributed by atoms with Crippen LogP contribution in [0.15, 0.2) is 65.2 Å². The zero-order valence-corrected chi connectivity index (χ0v) is 21.4. The SMILES string of the molecule is COC(=O)[C@]12Cc3cnn(-c4ccc(F)cc4)c3C=C1CC[C@H](N(C)S(=O)(=O)c1ccc(Cl)cc1)C2. The smallest absolute Gasteiger partial charge is 0.316 e. The molecule has 0 saturated heterocycles. The van der Waals surface area contributed by atoms with Crippen LogP contribution in [0, 0.1) is 11.2 Å². The van der Waals surface area contributed by atoms with Gasteiger partial charge in [0.15, 0.2) is 0 Å². The van der Waals surface area contributed by atoms with Crippen LogP contribution in [0.25, 0.3) is 11.8 Å². The van der Waals surface area contributed by atoms with E-state index >= 15 is 0 Å². The lowest BCUT2D eigenvalue weighted by molar-refractivity contribution is -0.152. The number of ether oxygens (including phenoxy) is 1. The molecule has 3 aromatic rings. The predicted molar refractivity (Wildman–Crippen MR) is 134 cm³/mol. The number of hydrogen-bond donors (Lipinski definition) is 0. The second-order valence-corrected chi connectivity index (χ2v) is 11.7. The average molecular weight is 530 g/mol. The highest BCUT2D eigenvalue weighted by molar-refractivity contribution is 7.89. The largest absolute Gasteiger partial charge is 0.468 e. The van der Waals surface area contributed by atoms with Gasteiger partial charge in [0.1, 0.15) is 5.82 Å². The maximum absolute atomic E-state index is 13.4. The van der Waals surface area contributed by atoms with Gasteiger partial charge in [-0.25, -0.2) is 17.5 Å². The average Bonchev–Trinajstić information content (AvgIpc) is 3.28. The van der Waals surface area contributed by atoms with Crippen molar-refractivity contribution in [3.05, 3.63) is 82.4 Å². The predicted octanol–water partition coefficient (Wildman–Crippen LogP) is 4.64. The van der Waals surface area contributed by atoms with Crippen molar-refractivity contribution < 1.29 is 22.3 Å². The Bertz CT molecular complexity index is 1450. The molecule has 0 amide bonds. The van der Waals surface area contributed by atoms with Gasteiger partial charge in [-0.3, -0.25) is 4.79 Å². The molecule has 2 aliphatic carbocycles. The number of hydrogen-bond acceptors (Lipinski definition) is 5. The fourth-order valence-corrected chi connectivity index (χ4v) is 6.83. The normalized spacial score (nSPS) is 21.5. The summed E-state index contributed by atoms with van der Waals surface area (Å²) < 4.78 is 48.4. The number of carbonyl (C=O) groups excluding carboxylic acids is 1. The number of sulfonamides is 1. The van der Waals surface area contributed by atoms with Crippen LogP contribution in [0.2, 0.25) is 5.02 Å². The van der Waals surface area contributed by atoms with E-state index in [0.29, 0.717) is 30.0 Å². The molecule has 0 aliphatic heterocycles. The van der Waals surface area contributed by atoms with Crippen LogP contribution >= 0.6 is 11.6 Å². The van der Waals surface area contributed by atoms with Gasteiger partial charge in [0.25, 0.3) is 0 Å². The van der Waals surface area contributed by atoms with Crippen molar-refractivity contribution >= 4 is 33.7 Å². The summed E-state index contributed by atoms with van der Waals surface area (Å²) in [5, 5.41) is 4.94. The Morgan fingerprint density at radius 3 is 2.56 bits per heavy atom. The fourth-order valence-electron chi connectivity index (χ4n) is 5.31. The zero-order chi connectivity index (χ0) is 25.7. The number of rotatable bonds is 5. The summed E-state index contributed by atoms with van der Waals surface area (Å²) in [6.07, 6.45) is 5.36. The first-order valence-electron chi connectivity index (χ1n) is 11.5. The standard InChI is InChI=1S/C26H25ClFN3O4S/c1-30(36(33,34)23-11-4-19(27)5-12-23)22-8-3-18-13-24-17(14-26(18,15-22)25(32)35-2)16-29-31(24)21-9-6-20(28)7-10-21/h4-7,9-13,16,22H,3,8,14-15H2,1-2H3/t22-,26-/m0/s1. The monoisotopic (exact) mass is 529 g/mol. The van der Waals surface area contributed by atoms with Crippen molar-refractivity contribution in [2.75, 3.05) is 14.2 Å². The first-order chi connectivity index (χ1) is 17.2. The van der Waals surface area contributed by atoms with Crippen molar-refractivity contribution in [2.45, 2.75) is 36.6 Å². The van der Waals surface area contributed by atoms with E-state index in [2.05, 4.69) is 5.10 Å². The third-order valence-electron chi connectivity index (χ3n) is 7.29. The van der Waals surface area contributed by atoms with E-state index < -0.39 is 27.4 Å². The Morgan fingerprint density at radius 2 is 1.89 bits per heavy atom. The van der Waals surface area contributed by atoms with Crippen LogP contribution in [0.4, 0.5) is 4.39 Å². The van der Waals surface area contributed by atoms with Crippen LogP contribution in [-0.2, 0) is 26.0 Å². The number of methoxy groups -OCH3 is 1. The van der Waals surface area contributed by atoms with Gasteiger partial charge in [-0.2, -0.15) is 9.40 Å². The molecule has 0 radical (unpaired) electrons. The zero-order valence-electron chi connectivity index (χ0n) is 19.8. The second kappa shape index (κ2) is 9.14. The van der Waals surface area contributed by atoms with E-state index in [9.17, 15) is 17.6 Å². The van der Waals surface area contributed by atoms with Crippen molar-refractivity contribution in [1.82, 2.24) is 14.1 Å². The molecule has 0 spiro atoms. The van der Waals surface area contributed by atoms with Crippen molar-refractivity contribution in [2.24, 2.45) is 5.41 Å². The topological polar surface area (TPSA) is 81.5 Å². The Hall–Kier alpha value is -3.01. The molecule has 2 aliphatic rings. The van der Waals surface area contributed by atoms with Crippen molar-refractivity contribution in [3.63, 3.8) is 0 Å². The molecule has 1 aromatic heterocycles. The molecular formula is C26H25ClFN3O4S. The molecule has 7 nitrogen and oxygen atoms in total. The number of nitrogens with zero attached hydrogens (tertiary/aromatic N) is 3. The quantitative estimate of drug-likeness (QED) is 0.450. The minimum Gasteiger partial charge on any atom is -0.468 e. The van der Waals surface area contributed by atoms with Gasteiger partial charge >= 0.3 is 5.97 Å². The van der Waals surface area contributed by atoms with E-state index in [1.54, 1.807) is 42.2 Å². The summed E-state index contributed by atoms with van der Waals surface area (Å²) in [4.78, 5) is 13.4. The maximum Gasteiger partial charge on any atom is 0.316 e. The number of esters is 1. The van der Waals surface area contributed by atoms with Crippen LogP contribution in [0.3, 0.4) is 0 Å². The van der Waals surface area contributed by atoms with Gasteiger partial charge in [0.2, 0.25) is 10.0 Å². The van der Waals surface area contributed by atoms with E-state index in [-0.39, 0.29) is 17.1 Å². The molecule has 0 unspecified atom stereocenters. The number of benzene rings is 2. The lowest BCUT2D eigenvalue weighted by Gasteiger charge is -2.44. The Balaban J connectivity index is 1.50. The van der Waals surface area contributed by atoms with Crippen molar-refractivity contribution in [1.29, 1.82) is 0 Å². The minimum absolute atomic E-state index is 0.148. The maximum atomic E-state index is 13.4. The summed E-state index contributed by atoms with van der Waals surface area (Å²) in [7, 11) is -0.890. The lowest BCUT2D eigenvalue weighted by atomic mass is 9.63. The lowest BCUT2D eigenvalue weighted by Crippen LogP contribution is -2.49. The van der Waals surface area contributed by atoms with Gasteiger partial charge in [-0.15, -0.1) is 0 Å². The third-order valence-corrected chi connectivity index (χ3v) is 9.46. The van der Waals surface area contributed by atoms with Gasteiger partial charge < -0.3 is 4.74 Å². The molecule has 1 saturated carbocycles. The van der Waals surface area contributed by atoms with E-state index in [1.807, 2.05) is 6.08 Å². The molecule has 2 atom stereocenters. The molecule has 188 valence electrons. The molecule has 0 bridgehead atoms. The van der Waals surface area contributed by atoms with E-state index in [1.165, 1.54) is 35.7 Å². The Morgan fingerprint density at radius 1 is 1.19 bits per heavy atom. The molecule has 0 N–H and O–H groups in total. The summed E-state index contributed by atoms with van der Waals surface area (Å²) in [5.74, 6) is -0.727. The summed E-state index contributed by atoms with van der Waals surface area (Å²) in [6, 6.07) is 11.7. The molecule has 36 heavy (non-hydrogen) atoms. The number of aromatic nitrogens is 2. The van der Waals surface area contributed by atoms with Crippen molar-refractivity contribution in [3.8, 4) is 5.69 Å². The van der Waals surface area contributed by atoms with Gasteiger partial charge in [0, 0.05) is 18.1 Å². The number of fused-ring (bicyclic) bond motifs is 2. The molecule has 1 fully saturated rings. The number of carbonyl (C=O) groups is 1. The van der Waals surface area contributed by atoms with Crippen LogP contribution in [-0.4, -0.2) is 48.7 Å². The van der Waals surface area contributed by atoms with Gasteiger partial charge in [-0.1, -0.05) is 17.2 Å². The summed E-state index contributed by atoms with van der Waals surface area (Å²) in [6.45, 7) is 0. The molecule has 1 heterocycles. The molecule has 2 aromatic carbocycles. The Kier molecular flexibility index (Phi) is 6.26. The van der Waals surface area contributed by atoms with Crippen LogP contribution < -0.4 is 0 Å². The van der Waals surface area contributed by atoms with Gasteiger partial charge in [0.05, 0.1) is 35.0 Å². The molecule has 5 rings (SSSR count). The highest BCUT2D eigenvalue weighted by atomic mass is 35.5. The molecular weight excluding hydrogens is 505 g/mol.